The summed E-state index contributed by atoms with van der Waals surface area (Å²) in [5.74, 6) is -0.0361. The zero-order valence-electron chi connectivity index (χ0n) is 8.82. The van der Waals surface area contributed by atoms with Gasteiger partial charge in [0.2, 0.25) is 0 Å². The molecule has 0 atom stereocenters. The van der Waals surface area contributed by atoms with Crippen LogP contribution in [0, 0.1) is 5.82 Å². The number of rotatable bonds is 2. The third-order valence-corrected chi connectivity index (χ3v) is 4.49. The van der Waals surface area contributed by atoms with Crippen molar-refractivity contribution in [2.24, 2.45) is 0 Å². The van der Waals surface area contributed by atoms with Gasteiger partial charge in [-0.15, -0.1) is 0 Å². The van der Waals surface area contributed by atoms with Crippen LogP contribution in [0.15, 0.2) is 12.1 Å². The highest BCUT2D eigenvalue weighted by Crippen LogP contribution is 2.22. The Morgan fingerprint density at radius 1 is 1.29 bits per heavy atom. The molecular formula is C10H14ClFOSi. The molecule has 0 radical (unpaired) electrons. The molecule has 78 valence electrons. The lowest BCUT2D eigenvalue weighted by atomic mass is 10.3. The van der Waals surface area contributed by atoms with Crippen LogP contribution in [0.4, 0.5) is 4.39 Å². The van der Waals surface area contributed by atoms with Crippen LogP contribution in [-0.4, -0.2) is 15.2 Å². The molecule has 0 aliphatic carbocycles. The van der Waals surface area contributed by atoms with Crippen LogP contribution >= 0.6 is 11.6 Å². The summed E-state index contributed by atoms with van der Waals surface area (Å²) in [5.41, 5.74) is 0. The van der Waals surface area contributed by atoms with Crippen molar-refractivity contribution in [3.63, 3.8) is 0 Å². The fourth-order valence-corrected chi connectivity index (χ4v) is 3.96. The van der Waals surface area contributed by atoms with Crippen LogP contribution in [0.5, 0.6) is 5.75 Å². The zero-order chi connectivity index (χ0) is 10.9. The van der Waals surface area contributed by atoms with E-state index in [9.17, 15) is 4.39 Å². The van der Waals surface area contributed by atoms with Gasteiger partial charge in [-0.1, -0.05) is 31.2 Å². The number of methoxy groups -OCH3 is 1. The largest absolute Gasteiger partial charge is 0.494 e. The van der Waals surface area contributed by atoms with Crippen LogP contribution in [0.3, 0.4) is 0 Å². The summed E-state index contributed by atoms with van der Waals surface area (Å²) >= 11 is 5.98. The molecule has 0 aliphatic rings. The van der Waals surface area contributed by atoms with E-state index < -0.39 is 8.07 Å². The predicted octanol–water partition coefficient (Wildman–Crippen LogP) is 3.03. The van der Waals surface area contributed by atoms with Gasteiger partial charge < -0.3 is 4.74 Å². The minimum atomic E-state index is -1.76. The maximum absolute atomic E-state index is 13.9. The molecule has 1 aromatic rings. The summed E-state index contributed by atoms with van der Waals surface area (Å²) in [7, 11) is -0.298. The van der Waals surface area contributed by atoms with Crippen LogP contribution in [-0.2, 0) is 0 Å². The van der Waals surface area contributed by atoms with Gasteiger partial charge in [0.15, 0.2) is 11.6 Å². The van der Waals surface area contributed by atoms with Crippen molar-refractivity contribution in [1.29, 1.82) is 0 Å². The molecule has 0 N–H and O–H groups in total. The van der Waals surface area contributed by atoms with Crippen molar-refractivity contribution in [3.8, 4) is 5.75 Å². The van der Waals surface area contributed by atoms with E-state index in [1.165, 1.54) is 7.11 Å². The lowest BCUT2D eigenvalue weighted by molar-refractivity contribution is 0.388. The van der Waals surface area contributed by atoms with Crippen molar-refractivity contribution >= 4 is 24.9 Å². The maximum atomic E-state index is 13.9. The average molecular weight is 233 g/mol. The lowest BCUT2D eigenvalue weighted by Gasteiger charge is -2.20. The SMILES string of the molecule is COc1ccc(Cl)c([Si](C)(C)C)c1F. The Bertz CT molecular complexity index is 347. The van der Waals surface area contributed by atoms with E-state index in [4.69, 9.17) is 16.3 Å². The molecule has 0 fully saturated rings. The molecule has 1 aromatic carbocycles. The molecule has 0 saturated heterocycles. The van der Waals surface area contributed by atoms with Crippen molar-refractivity contribution in [2.45, 2.75) is 19.6 Å². The first kappa shape index (κ1) is 11.5. The highest BCUT2D eigenvalue weighted by atomic mass is 35.5. The van der Waals surface area contributed by atoms with Gasteiger partial charge in [0, 0.05) is 5.02 Å². The molecule has 1 rings (SSSR count). The van der Waals surface area contributed by atoms with Gasteiger partial charge in [0.25, 0.3) is 0 Å². The summed E-state index contributed by atoms with van der Waals surface area (Å²) in [4.78, 5) is 0. The third-order valence-electron chi connectivity index (χ3n) is 2.03. The first-order valence-corrected chi connectivity index (χ1v) is 8.28. The quantitative estimate of drug-likeness (QED) is 0.713. The standard InChI is InChI=1S/C10H14ClFOSi/c1-13-8-6-5-7(11)10(9(8)12)14(2,3)4/h5-6H,1-4H3. The Morgan fingerprint density at radius 3 is 2.29 bits per heavy atom. The highest BCUT2D eigenvalue weighted by Gasteiger charge is 2.26. The van der Waals surface area contributed by atoms with Crippen LogP contribution in [0.25, 0.3) is 0 Å². The van der Waals surface area contributed by atoms with Gasteiger partial charge in [-0.2, -0.15) is 0 Å². The second-order valence-corrected chi connectivity index (χ2v) is 9.60. The first-order chi connectivity index (χ1) is 6.38. The highest BCUT2D eigenvalue weighted by molar-refractivity contribution is 6.90. The third kappa shape index (κ3) is 2.09. The number of benzene rings is 1. The normalized spacial score (nSPS) is 11.6. The molecule has 0 spiro atoms. The second kappa shape index (κ2) is 3.91. The van der Waals surface area contributed by atoms with E-state index in [0.717, 1.165) is 0 Å². The van der Waals surface area contributed by atoms with E-state index in [1.54, 1.807) is 12.1 Å². The summed E-state index contributed by atoms with van der Waals surface area (Å²) in [5, 5.41) is 1.14. The van der Waals surface area contributed by atoms with Gasteiger partial charge in [0.05, 0.1) is 15.2 Å². The van der Waals surface area contributed by atoms with Crippen molar-refractivity contribution in [2.75, 3.05) is 7.11 Å². The summed E-state index contributed by atoms with van der Waals surface area (Å²) in [6.07, 6.45) is 0. The monoisotopic (exact) mass is 232 g/mol. The topological polar surface area (TPSA) is 9.23 Å². The molecule has 14 heavy (non-hydrogen) atoms. The number of hydrogen-bond donors (Lipinski definition) is 0. The first-order valence-electron chi connectivity index (χ1n) is 4.40. The van der Waals surface area contributed by atoms with E-state index in [1.807, 2.05) is 0 Å². The predicted molar refractivity (Wildman–Crippen MR) is 60.9 cm³/mol. The van der Waals surface area contributed by atoms with Crippen molar-refractivity contribution < 1.29 is 9.13 Å². The van der Waals surface area contributed by atoms with Gasteiger partial charge in [0.1, 0.15) is 0 Å². The molecule has 0 saturated carbocycles. The van der Waals surface area contributed by atoms with Crippen LogP contribution in [0.1, 0.15) is 0 Å². The van der Waals surface area contributed by atoms with Gasteiger partial charge in [-0.25, -0.2) is 4.39 Å². The lowest BCUT2D eigenvalue weighted by Crippen LogP contribution is -2.41. The van der Waals surface area contributed by atoms with Gasteiger partial charge in [-0.3, -0.25) is 0 Å². The van der Waals surface area contributed by atoms with E-state index >= 15 is 0 Å². The second-order valence-electron chi connectivity index (χ2n) is 4.19. The summed E-state index contributed by atoms with van der Waals surface area (Å²) < 4.78 is 18.8. The molecular weight excluding hydrogens is 219 g/mol. The number of halogens is 2. The van der Waals surface area contributed by atoms with Crippen LogP contribution < -0.4 is 9.92 Å². The Labute approximate surface area is 89.9 Å². The molecule has 4 heteroatoms. The zero-order valence-corrected chi connectivity index (χ0v) is 10.6. The Morgan fingerprint density at radius 2 is 1.86 bits per heavy atom. The van der Waals surface area contributed by atoms with Crippen molar-refractivity contribution in [1.82, 2.24) is 0 Å². The van der Waals surface area contributed by atoms with Gasteiger partial charge in [-0.05, 0) is 17.3 Å². The molecule has 0 aliphatic heterocycles. The van der Waals surface area contributed by atoms with Gasteiger partial charge >= 0.3 is 0 Å². The van der Waals surface area contributed by atoms with E-state index in [2.05, 4.69) is 19.6 Å². The molecule has 0 amide bonds. The Balaban J connectivity index is 3.40. The molecule has 1 nitrogen and oxygen atoms in total. The summed E-state index contributed by atoms with van der Waals surface area (Å²) in [6.45, 7) is 6.16. The van der Waals surface area contributed by atoms with E-state index in [0.29, 0.717) is 10.2 Å². The Hall–Kier alpha value is -0.543. The van der Waals surface area contributed by atoms with Crippen molar-refractivity contribution in [3.05, 3.63) is 23.0 Å². The summed E-state index contributed by atoms with van der Waals surface area (Å²) in [6, 6.07) is 3.25. The van der Waals surface area contributed by atoms with E-state index in [-0.39, 0.29) is 11.6 Å². The van der Waals surface area contributed by atoms with Crippen LogP contribution in [0.2, 0.25) is 24.7 Å². The number of ether oxygens (including phenoxy) is 1. The minimum Gasteiger partial charge on any atom is -0.494 e. The fraction of sp³-hybridized carbons (Fsp3) is 0.400. The maximum Gasteiger partial charge on any atom is 0.165 e. The number of hydrogen-bond acceptors (Lipinski definition) is 1. The molecule has 0 heterocycles. The molecule has 0 bridgehead atoms. The molecule has 0 unspecified atom stereocenters. The Kier molecular flexibility index (Phi) is 3.22. The smallest absolute Gasteiger partial charge is 0.165 e. The fourth-order valence-electron chi connectivity index (χ4n) is 1.38. The molecule has 0 aromatic heterocycles. The minimum absolute atomic E-state index is 0.270. The average Bonchev–Trinajstić information content (AvgIpc) is 2.02.